The standard InChI is InChI=1S/C24H25BrFN7O2/c1-2-3-4-10-32-22-18(12-20(25)28-22)23(35)33-21(29-30-24(32)33)6-5-9-31-14-15(13-27-31)17-11-16(26)7-8-19(17)34/h7-8,11,13-14,34H,2-6,9-10,12H2,1H3. The summed E-state index contributed by atoms with van der Waals surface area (Å²) in [6.45, 7) is 3.44. The van der Waals surface area contributed by atoms with E-state index < -0.39 is 5.82 Å². The molecule has 0 saturated heterocycles. The lowest BCUT2D eigenvalue weighted by Gasteiger charge is -2.12. The molecule has 1 aliphatic rings. The number of hydrogen-bond acceptors (Lipinski definition) is 6. The number of nitrogens with zero attached hydrogens (tertiary/aromatic N) is 7. The van der Waals surface area contributed by atoms with Crippen molar-refractivity contribution >= 4 is 32.1 Å². The number of phenols is 1. The first-order valence-electron chi connectivity index (χ1n) is 11.7. The molecule has 0 unspecified atom stereocenters. The Kier molecular flexibility index (Phi) is 6.50. The van der Waals surface area contributed by atoms with E-state index in [9.17, 15) is 14.3 Å². The fraction of sp³-hybridized carbons (Fsp3) is 0.375. The quantitative estimate of drug-likeness (QED) is 0.316. The van der Waals surface area contributed by atoms with Gasteiger partial charge < -0.3 is 5.11 Å². The van der Waals surface area contributed by atoms with Crippen LogP contribution in [0.1, 0.15) is 44.0 Å². The number of aromatic hydroxyl groups is 1. The molecule has 0 radical (unpaired) electrons. The number of phenolic OH excluding ortho intramolecular Hbond substituents is 1. The van der Waals surface area contributed by atoms with Gasteiger partial charge in [-0.3, -0.25) is 14.0 Å². The molecule has 0 spiro atoms. The molecule has 35 heavy (non-hydrogen) atoms. The highest BCUT2D eigenvalue weighted by Gasteiger charge is 2.25. The van der Waals surface area contributed by atoms with Crippen LogP contribution in [0.2, 0.25) is 0 Å². The predicted molar refractivity (Wildman–Crippen MR) is 134 cm³/mol. The monoisotopic (exact) mass is 541 g/mol. The molecular formula is C24H25BrFN7O2. The molecule has 1 aliphatic heterocycles. The zero-order valence-corrected chi connectivity index (χ0v) is 20.9. The van der Waals surface area contributed by atoms with Crippen LogP contribution in [-0.2, 0) is 25.9 Å². The largest absolute Gasteiger partial charge is 0.507 e. The number of hydrogen-bond donors (Lipinski definition) is 1. The third kappa shape index (κ3) is 4.52. The molecule has 9 nitrogen and oxygen atoms in total. The molecule has 3 aromatic heterocycles. The van der Waals surface area contributed by atoms with Crippen molar-refractivity contribution in [2.75, 3.05) is 0 Å². The number of rotatable bonds is 9. The number of fused-ring (bicyclic) bond motifs is 2. The van der Waals surface area contributed by atoms with Gasteiger partial charge in [-0.15, -0.1) is 10.2 Å². The molecule has 4 aromatic rings. The second-order valence-electron chi connectivity index (χ2n) is 8.64. The first-order valence-corrected chi connectivity index (χ1v) is 12.5. The van der Waals surface area contributed by atoms with E-state index in [1.165, 1.54) is 18.2 Å². The van der Waals surface area contributed by atoms with Crippen molar-refractivity contribution in [3.8, 4) is 16.9 Å². The van der Waals surface area contributed by atoms with Crippen molar-refractivity contribution in [2.45, 2.75) is 58.5 Å². The summed E-state index contributed by atoms with van der Waals surface area (Å²) in [5.41, 5.74) is 1.56. The van der Waals surface area contributed by atoms with Crippen molar-refractivity contribution in [1.82, 2.24) is 28.9 Å². The summed E-state index contributed by atoms with van der Waals surface area (Å²) in [5, 5.41) is 23.1. The van der Waals surface area contributed by atoms with Crippen LogP contribution in [0.25, 0.3) is 16.9 Å². The average molecular weight is 542 g/mol. The number of aromatic nitrogens is 6. The molecule has 0 fully saturated rings. The van der Waals surface area contributed by atoms with Gasteiger partial charge in [0.2, 0.25) is 5.78 Å². The maximum atomic E-state index is 13.6. The van der Waals surface area contributed by atoms with Crippen LogP contribution >= 0.6 is 15.9 Å². The third-order valence-corrected chi connectivity index (χ3v) is 6.62. The molecule has 0 amide bonds. The lowest BCUT2D eigenvalue weighted by molar-refractivity contribution is 0.475. The summed E-state index contributed by atoms with van der Waals surface area (Å²) in [6.07, 6.45) is 8.18. The second-order valence-corrected chi connectivity index (χ2v) is 9.56. The van der Waals surface area contributed by atoms with Gasteiger partial charge in [-0.05, 0) is 47.0 Å². The topological polar surface area (TPSA) is 103 Å². The van der Waals surface area contributed by atoms with Gasteiger partial charge in [0.1, 0.15) is 23.2 Å². The Morgan fingerprint density at radius 3 is 2.86 bits per heavy atom. The van der Waals surface area contributed by atoms with Crippen molar-refractivity contribution in [3.05, 3.63) is 58.2 Å². The predicted octanol–water partition coefficient (Wildman–Crippen LogP) is 4.40. The minimum absolute atomic E-state index is 0.000700. The Morgan fingerprint density at radius 2 is 2.03 bits per heavy atom. The van der Waals surface area contributed by atoms with Gasteiger partial charge in [0, 0.05) is 43.3 Å². The Labute approximate surface area is 209 Å². The molecular weight excluding hydrogens is 517 g/mol. The molecule has 0 atom stereocenters. The molecule has 0 bridgehead atoms. The summed E-state index contributed by atoms with van der Waals surface area (Å²) in [6, 6.07) is 3.82. The fourth-order valence-corrected chi connectivity index (χ4v) is 4.86. The lowest BCUT2D eigenvalue weighted by Crippen LogP contribution is -2.24. The highest BCUT2D eigenvalue weighted by Crippen LogP contribution is 2.30. The van der Waals surface area contributed by atoms with Crippen molar-refractivity contribution in [3.63, 3.8) is 0 Å². The number of aliphatic imine (C=N–C) groups is 1. The smallest absolute Gasteiger partial charge is 0.266 e. The van der Waals surface area contributed by atoms with Gasteiger partial charge in [-0.2, -0.15) is 5.10 Å². The van der Waals surface area contributed by atoms with Crippen LogP contribution in [0, 0.1) is 5.82 Å². The van der Waals surface area contributed by atoms with E-state index >= 15 is 0 Å². The van der Waals surface area contributed by atoms with Crippen molar-refractivity contribution in [2.24, 2.45) is 4.99 Å². The molecule has 11 heteroatoms. The highest BCUT2D eigenvalue weighted by atomic mass is 79.9. The maximum absolute atomic E-state index is 13.6. The summed E-state index contributed by atoms with van der Waals surface area (Å²) in [5.74, 6) is 1.38. The Bertz CT molecular complexity index is 1490. The van der Waals surface area contributed by atoms with Gasteiger partial charge in [-0.1, -0.05) is 19.8 Å². The summed E-state index contributed by atoms with van der Waals surface area (Å²) in [4.78, 5) is 17.8. The fourth-order valence-electron chi connectivity index (χ4n) is 4.41. The third-order valence-electron chi connectivity index (χ3n) is 6.17. The van der Waals surface area contributed by atoms with Crippen LogP contribution in [0.15, 0.2) is 40.4 Å². The molecule has 182 valence electrons. The number of benzene rings is 1. The SMILES string of the molecule is CCCCCn1c2c(c(=O)n3c(CCCn4cc(-c5cc(F)ccc5O)cn4)nnc13)CC(Br)=N2. The van der Waals surface area contributed by atoms with E-state index in [0.29, 0.717) is 59.9 Å². The van der Waals surface area contributed by atoms with Gasteiger partial charge in [0.05, 0.1) is 16.4 Å². The van der Waals surface area contributed by atoms with Gasteiger partial charge in [0.15, 0.2) is 0 Å². The maximum Gasteiger partial charge on any atom is 0.266 e. The number of aryl methyl sites for hydroxylation is 3. The molecule has 1 aromatic carbocycles. The Morgan fingerprint density at radius 1 is 1.17 bits per heavy atom. The van der Waals surface area contributed by atoms with Crippen LogP contribution in [0.4, 0.5) is 10.2 Å². The van der Waals surface area contributed by atoms with E-state index in [4.69, 9.17) is 0 Å². The van der Waals surface area contributed by atoms with Crippen LogP contribution in [0.3, 0.4) is 0 Å². The molecule has 4 heterocycles. The van der Waals surface area contributed by atoms with E-state index in [-0.39, 0.29) is 11.3 Å². The van der Waals surface area contributed by atoms with Gasteiger partial charge in [-0.25, -0.2) is 13.8 Å². The highest BCUT2D eigenvalue weighted by molar-refractivity contribution is 9.18. The van der Waals surface area contributed by atoms with E-state index in [0.717, 1.165) is 30.4 Å². The minimum atomic E-state index is -0.423. The van der Waals surface area contributed by atoms with Crippen LogP contribution in [-0.4, -0.2) is 38.7 Å². The Balaban J connectivity index is 1.36. The first-order chi connectivity index (χ1) is 17.0. The zero-order chi connectivity index (χ0) is 24.5. The Hall–Kier alpha value is -3.34. The first kappa shape index (κ1) is 23.4. The summed E-state index contributed by atoms with van der Waals surface area (Å²) < 4.78 is 19.7. The molecule has 0 saturated carbocycles. The molecule has 0 aliphatic carbocycles. The average Bonchev–Trinajstić information content (AvgIpc) is 3.57. The minimum Gasteiger partial charge on any atom is -0.507 e. The normalized spacial score (nSPS) is 12.9. The summed E-state index contributed by atoms with van der Waals surface area (Å²) in [7, 11) is 0. The number of halogens is 2. The molecule has 1 N–H and O–H groups in total. The van der Waals surface area contributed by atoms with Crippen molar-refractivity contribution < 1.29 is 9.50 Å². The van der Waals surface area contributed by atoms with Crippen LogP contribution < -0.4 is 5.56 Å². The lowest BCUT2D eigenvalue weighted by atomic mass is 10.1. The van der Waals surface area contributed by atoms with Gasteiger partial charge in [0.25, 0.3) is 5.56 Å². The van der Waals surface area contributed by atoms with E-state index in [2.05, 4.69) is 43.1 Å². The van der Waals surface area contributed by atoms with E-state index in [1.807, 2.05) is 4.57 Å². The second kappa shape index (κ2) is 9.73. The summed E-state index contributed by atoms with van der Waals surface area (Å²) >= 11 is 3.45. The molecule has 5 rings (SSSR count). The van der Waals surface area contributed by atoms with Gasteiger partial charge >= 0.3 is 0 Å². The van der Waals surface area contributed by atoms with E-state index in [1.54, 1.807) is 21.5 Å². The van der Waals surface area contributed by atoms with Crippen molar-refractivity contribution in [1.29, 1.82) is 0 Å². The van der Waals surface area contributed by atoms with Crippen LogP contribution in [0.5, 0.6) is 5.75 Å². The number of unbranched alkanes of at least 4 members (excludes halogenated alkanes) is 2. The zero-order valence-electron chi connectivity index (χ0n) is 19.3.